The number of nitrogens with one attached hydrogen (secondary N) is 1. The van der Waals surface area contributed by atoms with Gasteiger partial charge in [-0.05, 0) is 31.0 Å². The molecule has 0 fully saturated rings. The van der Waals surface area contributed by atoms with Crippen LogP contribution in [0.3, 0.4) is 0 Å². The number of carbonyl (C=O) groups is 1. The average Bonchev–Trinajstić information content (AvgIpc) is 2.46. The van der Waals surface area contributed by atoms with Crippen molar-refractivity contribution in [2.75, 3.05) is 23.3 Å². The Balaban J connectivity index is 2.54. The molecular weight excluding hydrogens is 224 g/mol. The lowest BCUT2D eigenvalue weighted by atomic mass is 10.1. The summed E-state index contributed by atoms with van der Waals surface area (Å²) in [7, 11) is 0. The van der Waals surface area contributed by atoms with Gasteiger partial charge in [0, 0.05) is 25.0 Å². The Labute approximate surface area is 100 Å². The van der Waals surface area contributed by atoms with Crippen LogP contribution in [0, 0.1) is 6.92 Å². The molecule has 4 heteroatoms. The summed E-state index contributed by atoms with van der Waals surface area (Å²) in [6, 6.07) is 3.75. The molecule has 0 aliphatic carbocycles. The van der Waals surface area contributed by atoms with E-state index in [1.165, 1.54) is 0 Å². The van der Waals surface area contributed by atoms with Gasteiger partial charge in [-0.25, -0.2) is 0 Å². The van der Waals surface area contributed by atoms with E-state index >= 15 is 0 Å². The molecule has 0 bridgehead atoms. The van der Waals surface area contributed by atoms with E-state index in [9.17, 15) is 4.79 Å². The van der Waals surface area contributed by atoms with Crippen molar-refractivity contribution in [2.45, 2.75) is 20.3 Å². The highest BCUT2D eigenvalue weighted by atomic mass is 35.5. The number of hydrogen-bond donors (Lipinski definition) is 1. The zero-order valence-electron chi connectivity index (χ0n) is 9.51. The highest BCUT2D eigenvalue weighted by Gasteiger charge is 2.20. The first-order valence-electron chi connectivity index (χ1n) is 5.42. The zero-order valence-corrected chi connectivity index (χ0v) is 10.3. The number of amides is 1. The summed E-state index contributed by atoms with van der Waals surface area (Å²) in [5.74, 6) is 0.0756. The Bertz CT molecular complexity index is 431. The van der Waals surface area contributed by atoms with Crippen molar-refractivity contribution in [3.63, 3.8) is 0 Å². The summed E-state index contributed by atoms with van der Waals surface area (Å²) >= 11 is 6.08. The number of anilines is 2. The van der Waals surface area contributed by atoms with Crippen LogP contribution in [-0.4, -0.2) is 19.0 Å². The Morgan fingerprint density at radius 1 is 1.50 bits per heavy atom. The Morgan fingerprint density at radius 3 is 2.94 bits per heavy atom. The molecule has 0 unspecified atom stereocenters. The Morgan fingerprint density at radius 2 is 2.25 bits per heavy atom. The first-order valence-corrected chi connectivity index (χ1v) is 5.80. The third-order valence-corrected chi connectivity index (χ3v) is 3.32. The second-order valence-corrected chi connectivity index (χ2v) is 4.42. The number of benzene rings is 1. The number of hydrogen-bond acceptors (Lipinski definition) is 2. The predicted molar refractivity (Wildman–Crippen MR) is 67.3 cm³/mol. The monoisotopic (exact) mass is 238 g/mol. The minimum Gasteiger partial charge on any atom is -0.383 e. The second-order valence-electron chi connectivity index (χ2n) is 4.02. The van der Waals surface area contributed by atoms with Gasteiger partial charge >= 0.3 is 0 Å². The summed E-state index contributed by atoms with van der Waals surface area (Å²) < 4.78 is 0. The fourth-order valence-corrected chi connectivity index (χ4v) is 2.18. The van der Waals surface area contributed by atoms with Crippen LogP contribution in [0.5, 0.6) is 0 Å². The van der Waals surface area contributed by atoms with Gasteiger partial charge in [0.05, 0.1) is 11.4 Å². The molecule has 0 atom stereocenters. The van der Waals surface area contributed by atoms with E-state index in [0.717, 1.165) is 41.5 Å². The summed E-state index contributed by atoms with van der Waals surface area (Å²) in [5.41, 5.74) is 2.93. The molecule has 0 aromatic heterocycles. The second kappa shape index (κ2) is 4.34. The van der Waals surface area contributed by atoms with Crippen LogP contribution in [0.15, 0.2) is 12.1 Å². The third-order valence-electron chi connectivity index (χ3n) is 2.91. The molecule has 0 saturated carbocycles. The topological polar surface area (TPSA) is 32.3 Å². The van der Waals surface area contributed by atoms with Gasteiger partial charge in [-0.2, -0.15) is 0 Å². The first-order chi connectivity index (χ1) is 7.61. The van der Waals surface area contributed by atoms with Crippen LogP contribution in [-0.2, 0) is 4.79 Å². The number of fused-ring (bicyclic) bond motifs is 1. The summed E-state index contributed by atoms with van der Waals surface area (Å²) in [4.78, 5) is 13.4. The number of halogens is 1. The largest absolute Gasteiger partial charge is 0.383 e. The molecule has 3 nitrogen and oxygen atoms in total. The van der Waals surface area contributed by atoms with Crippen molar-refractivity contribution in [3.05, 3.63) is 22.7 Å². The van der Waals surface area contributed by atoms with Gasteiger partial charge in [-0.3, -0.25) is 4.79 Å². The lowest BCUT2D eigenvalue weighted by Crippen LogP contribution is -2.28. The molecule has 16 heavy (non-hydrogen) atoms. The summed E-state index contributed by atoms with van der Waals surface area (Å²) in [5, 5.41) is 4.07. The van der Waals surface area contributed by atoms with E-state index in [4.69, 9.17) is 11.6 Å². The van der Waals surface area contributed by atoms with E-state index in [0.29, 0.717) is 0 Å². The molecule has 0 spiro atoms. The van der Waals surface area contributed by atoms with E-state index in [-0.39, 0.29) is 5.91 Å². The highest BCUT2D eigenvalue weighted by Crippen LogP contribution is 2.35. The summed E-state index contributed by atoms with van der Waals surface area (Å²) in [6.07, 6.45) is 0.950. The fraction of sp³-hybridized carbons (Fsp3) is 0.417. The van der Waals surface area contributed by atoms with Crippen molar-refractivity contribution >= 4 is 28.9 Å². The lowest BCUT2D eigenvalue weighted by molar-refractivity contribution is -0.116. The molecule has 86 valence electrons. The highest BCUT2D eigenvalue weighted by molar-refractivity contribution is 6.32. The van der Waals surface area contributed by atoms with E-state index in [1.54, 1.807) is 11.8 Å². The maximum atomic E-state index is 11.6. The SMILES string of the molecule is CC(=O)N1CCCNc2c1ccc(Cl)c2C. The van der Waals surface area contributed by atoms with Gasteiger partial charge in [0.25, 0.3) is 0 Å². The number of carbonyl (C=O) groups excluding carboxylic acids is 1. The molecule has 1 aromatic carbocycles. The standard InChI is InChI=1S/C12H15ClN2O/c1-8-10(13)4-5-11-12(8)14-6-3-7-15(11)9(2)16/h4-5,14H,3,6-7H2,1-2H3. The summed E-state index contributed by atoms with van der Waals surface area (Å²) in [6.45, 7) is 5.20. The van der Waals surface area contributed by atoms with Crippen molar-refractivity contribution in [1.29, 1.82) is 0 Å². The van der Waals surface area contributed by atoms with E-state index in [1.807, 2.05) is 19.1 Å². The maximum absolute atomic E-state index is 11.6. The van der Waals surface area contributed by atoms with Crippen LogP contribution in [0.25, 0.3) is 0 Å². The third kappa shape index (κ3) is 1.87. The molecule has 1 aromatic rings. The molecule has 1 aliphatic rings. The van der Waals surface area contributed by atoms with Crippen LogP contribution in [0.4, 0.5) is 11.4 Å². The smallest absolute Gasteiger partial charge is 0.223 e. The molecule has 1 amide bonds. The molecule has 0 radical (unpaired) electrons. The molecule has 2 rings (SSSR count). The fourth-order valence-electron chi connectivity index (χ4n) is 2.02. The first kappa shape index (κ1) is 11.3. The van der Waals surface area contributed by atoms with Crippen molar-refractivity contribution < 1.29 is 4.79 Å². The Hall–Kier alpha value is -1.22. The van der Waals surface area contributed by atoms with Gasteiger partial charge in [-0.1, -0.05) is 11.6 Å². The molecule has 1 heterocycles. The van der Waals surface area contributed by atoms with Crippen LogP contribution in [0.1, 0.15) is 18.9 Å². The van der Waals surface area contributed by atoms with E-state index in [2.05, 4.69) is 5.32 Å². The van der Waals surface area contributed by atoms with Crippen LogP contribution < -0.4 is 10.2 Å². The average molecular weight is 239 g/mol. The van der Waals surface area contributed by atoms with Gasteiger partial charge in [0.1, 0.15) is 0 Å². The van der Waals surface area contributed by atoms with E-state index < -0.39 is 0 Å². The van der Waals surface area contributed by atoms with Crippen molar-refractivity contribution in [3.8, 4) is 0 Å². The number of nitrogens with zero attached hydrogens (tertiary/aromatic N) is 1. The maximum Gasteiger partial charge on any atom is 0.223 e. The Kier molecular flexibility index (Phi) is 3.06. The predicted octanol–water partition coefficient (Wildman–Crippen LogP) is 2.82. The van der Waals surface area contributed by atoms with Gasteiger partial charge < -0.3 is 10.2 Å². The molecule has 1 N–H and O–H groups in total. The van der Waals surface area contributed by atoms with Crippen LogP contribution >= 0.6 is 11.6 Å². The van der Waals surface area contributed by atoms with Gasteiger partial charge in [0.15, 0.2) is 0 Å². The van der Waals surface area contributed by atoms with Crippen LogP contribution in [0.2, 0.25) is 5.02 Å². The quantitative estimate of drug-likeness (QED) is 0.754. The minimum absolute atomic E-state index is 0.0756. The number of rotatable bonds is 0. The van der Waals surface area contributed by atoms with Crippen molar-refractivity contribution in [1.82, 2.24) is 0 Å². The minimum atomic E-state index is 0.0756. The zero-order chi connectivity index (χ0) is 11.7. The lowest BCUT2D eigenvalue weighted by Gasteiger charge is -2.22. The normalized spacial score (nSPS) is 15.1. The molecule has 1 aliphatic heterocycles. The molecule has 0 saturated heterocycles. The molecular formula is C12H15ClN2O. The van der Waals surface area contributed by atoms with Crippen molar-refractivity contribution in [2.24, 2.45) is 0 Å². The van der Waals surface area contributed by atoms with Gasteiger partial charge in [0.2, 0.25) is 5.91 Å². The van der Waals surface area contributed by atoms with Gasteiger partial charge in [-0.15, -0.1) is 0 Å².